The Morgan fingerprint density at radius 2 is 2.09 bits per heavy atom. The predicted molar refractivity (Wildman–Crippen MR) is 84.3 cm³/mol. The molecule has 2 aromatic rings. The third kappa shape index (κ3) is 3.64. The highest BCUT2D eigenvalue weighted by molar-refractivity contribution is 6.30. The molecule has 7 heteroatoms. The molecule has 3 rings (SSSR count). The number of aliphatic hydroxyl groups excluding tert-OH is 1. The van der Waals surface area contributed by atoms with Crippen molar-refractivity contribution in [2.45, 2.75) is 18.8 Å². The number of hydrogen-bond acceptors (Lipinski definition) is 5. The van der Waals surface area contributed by atoms with Gasteiger partial charge < -0.3 is 15.7 Å². The van der Waals surface area contributed by atoms with Gasteiger partial charge in [-0.05, 0) is 31.0 Å². The monoisotopic (exact) mass is 322 g/mol. The lowest BCUT2D eigenvalue weighted by Crippen LogP contribution is -2.10. The van der Waals surface area contributed by atoms with Gasteiger partial charge in [-0.15, -0.1) is 0 Å². The molecule has 0 spiro atoms. The first-order valence-electron chi connectivity index (χ1n) is 7.11. The van der Waals surface area contributed by atoms with Crippen molar-refractivity contribution in [3.8, 4) is 0 Å². The van der Waals surface area contributed by atoms with Crippen LogP contribution in [0, 0.1) is 5.82 Å². The number of aromatic nitrogens is 2. The molecule has 116 valence electrons. The molecule has 22 heavy (non-hydrogen) atoms. The minimum Gasteiger partial charge on any atom is -0.395 e. The van der Waals surface area contributed by atoms with Crippen LogP contribution in [-0.4, -0.2) is 28.2 Å². The van der Waals surface area contributed by atoms with Crippen LogP contribution in [0.5, 0.6) is 0 Å². The molecule has 1 aliphatic carbocycles. The predicted octanol–water partition coefficient (Wildman–Crippen LogP) is 3.29. The van der Waals surface area contributed by atoms with Gasteiger partial charge in [0.15, 0.2) is 0 Å². The summed E-state index contributed by atoms with van der Waals surface area (Å²) in [6.07, 6.45) is 2.20. The van der Waals surface area contributed by atoms with Gasteiger partial charge in [-0.2, -0.15) is 4.98 Å². The summed E-state index contributed by atoms with van der Waals surface area (Å²) in [7, 11) is 0. The van der Waals surface area contributed by atoms with Gasteiger partial charge in [0.1, 0.15) is 11.6 Å². The van der Waals surface area contributed by atoms with Crippen LogP contribution in [0.2, 0.25) is 5.02 Å². The second-order valence-corrected chi connectivity index (χ2v) is 5.61. The lowest BCUT2D eigenvalue weighted by atomic mass is 10.2. The van der Waals surface area contributed by atoms with Crippen LogP contribution < -0.4 is 10.6 Å². The normalized spacial score (nSPS) is 14.0. The Morgan fingerprint density at radius 1 is 1.27 bits per heavy atom. The maximum atomic E-state index is 13.8. The van der Waals surface area contributed by atoms with E-state index >= 15 is 0 Å². The van der Waals surface area contributed by atoms with Gasteiger partial charge in [0, 0.05) is 23.6 Å². The van der Waals surface area contributed by atoms with Crippen LogP contribution in [0.3, 0.4) is 0 Å². The Morgan fingerprint density at radius 3 is 2.82 bits per heavy atom. The molecule has 1 aromatic heterocycles. The maximum absolute atomic E-state index is 13.8. The average molecular weight is 323 g/mol. The van der Waals surface area contributed by atoms with Gasteiger partial charge in [0.05, 0.1) is 18.0 Å². The molecule has 0 atom stereocenters. The zero-order chi connectivity index (χ0) is 15.5. The van der Waals surface area contributed by atoms with E-state index < -0.39 is 5.82 Å². The highest BCUT2D eigenvalue weighted by Crippen LogP contribution is 2.40. The SMILES string of the molecule is OCCNc1nc(Nc2cc(Cl)ccc2F)cc(C2CC2)n1. The molecule has 1 aromatic carbocycles. The lowest BCUT2D eigenvalue weighted by Gasteiger charge is -2.11. The summed E-state index contributed by atoms with van der Waals surface area (Å²) in [6.45, 7) is 0.349. The first-order valence-corrected chi connectivity index (χ1v) is 7.49. The van der Waals surface area contributed by atoms with Crippen molar-refractivity contribution >= 4 is 29.1 Å². The van der Waals surface area contributed by atoms with Crippen molar-refractivity contribution in [1.29, 1.82) is 0 Å². The second-order valence-electron chi connectivity index (χ2n) is 5.18. The largest absolute Gasteiger partial charge is 0.395 e. The molecule has 0 amide bonds. The summed E-state index contributed by atoms with van der Waals surface area (Å²) in [5, 5.41) is 15.2. The smallest absolute Gasteiger partial charge is 0.224 e. The van der Waals surface area contributed by atoms with Crippen molar-refractivity contribution in [1.82, 2.24) is 9.97 Å². The molecular formula is C15H16ClFN4O. The van der Waals surface area contributed by atoms with E-state index in [-0.39, 0.29) is 12.3 Å². The minimum atomic E-state index is -0.402. The molecule has 5 nitrogen and oxygen atoms in total. The maximum Gasteiger partial charge on any atom is 0.224 e. The topological polar surface area (TPSA) is 70.1 Å². The fraction of sp³-hybridized carbons (Fsp3) is 0.333. The number of nitrogens with zero attached hydrogens (tertiary/aromatic N) is 2. The minimum absolute atomic E-state index is 0.0112. The Bertz CT molecular complexity index is 679. The van der Waals surface area contributed by atoms with E-state index in [0.29, 0.717) is 29.3 Å². The fourth-order valence-corrected chi connectivity index (χ4v) is 2.27. The van der Waals surface area contributed by atoms with Crippen LogP contribution in [0.15, 0.2) is 24.3 Å². The van der Waals surface area contributed by atoms with Gasteiger partial charge in [0.25, 0.3) is 0 Å². The molecule has 1 saturated carbocycles. The van der Waals surface area contributed by atoms with E-state index in [4.69, 9.17) is 16.7 Å². The third-order valence-corrected chi connectivity index (χ3v) is 3.56. The van der Waals surface area contributed by atoms with Crippen molar-refractivity contribution < 1.29 is 9.50 Å². The summed E-state index contributed by atoms with van der Waals surface area (Å²) in [5.74, 6) is 0.949. The van der Waals surface area contributed by atoms with Gasteiger partial charge >= 0.3 is 0 Å². The number of halogens is 2. The zero-order valence-electron chi connectivity index (χ0n) is 11.8. The highest BCUT2D eigenvalue weighted by Gasteiger charge is 2.26. The van der Waals surface area contributed by atoms with Crippen molar-refractivity contribution in [2.75, 3.05) is 23.8 Å². The van der Waals surface area contributed by atoms with E-state index in [1.165, 1.54) is 18.2 Å². The Hall–Kier alpha value is -1.92. The fourth-order valence-electron chi connectivity index (χ4n) is 2.10. The Kier molecular flexibility index (Phi) is 4.40. The standard InChI is InChI=1S/C15H16ClFN4O/c16-10-3-4-11(17)13(7-10)19-14-8-12(9-1-2-9)20-15(21-14)18-5-6-22/h3-4,7-9,22H,1-2,5-6H2,(H2,18,19,20,21). The molecule has 0 unspecified atom stereocenters. The molecular weight excluding hydrogens is 307 g/mol. The molecule has 0 radical (unpaired) electrons. The molecule has 1 aliphatic rings. The average Bonchev–Trinajstić information content (AvgIpc) is 3.33. The molecule has 1 fully saturated rings. The molecule has 0 saturated heterocycles. The van der Waals surface area contributed by atoms with E-state index in [1.807, 2.05) is 6.07 Å². The van der Waals surface area contributed by atoms with E-state index in [2.05, 4.69) is 20.6 Å². The van der Waals surface area contributed by atoms with Gasteiger partial charge in [-0.1, -0.05) is 11.6 Å². The number of nitrogens with one attached hydrogen (secondary N) is 2. The number of hydrogen-bond donors (Lipinski definition) is 3. The zero-order valence-corrected chi connectivity index (χ0v) is 12.6. The molecule has 0 aliphatic heterocycles. The van der Waals surface area contributed by atoms with Crippen molar-refractivity contribution in [3.63, 3.8) is 0 Å². The third-order valence-electron chi connectivity index (χ3n) is 3.33. The van der Waals surface area contributed by atoms with Crippen LogP contribution in [-0.2, 0) is 0 Å². The first kappa shape index (κ1) is 15.0. The van der Waals surface area contributed by atoms with E-state index in [9.17, 15) is 4.39 Å². The molecule has 0 bridgehead atoms. The van der Waals surface area contributed by atoms with Gasteiger partial charge in [-0.3, -0.25) is 0 Å². The summed E-state index contributed by atoms with van der Waals surface area (Å²) in [6, 6.07) is 6.13. The summed E-state index contributed by atoms with van der Waals surface area (Å²) in [4.78, 5) is 8.71. The quantitative estimate of drug-likeness (QED) is 0.761. The van der Waals surface area contributed by atoms with Gasteiger partial charge in [-0.25, -0.2) is 9.37 Å². The highest BCUT2D eigenvalue weighted by atomic mass is 35.5. The summed E-state index contributed by atoms with van der Waals surface area (Å²) in [5.41, 5.74) is 1.18. The first-order chi connectivity index (χ1) is 10.7. The van der Waals surface area contributed by atoms with E-state index in [0.717, 1.165) is 18.5 Å². The number of aliphatic hydroxyl groups is 1. The Labute approximate surface area is 132 Å². The number of benzene rings is 1. The summed E-state index contributed by atoms with van der Waals surface area (Å²) >= 11 is 5.90. The van der Waals surface area contributed by atoms with Crippen LogP contribution in [0.1, 0.15) is 24.5 Å². The molecule has 3 N–H and O–H groups in total. The summed E-state index contributed by atoms with van der Waals surface area (Å²) < 4.78 is 13.8. The van der Waals surface area contributed by atoms with Gasteiger partial charge in [0.2, 0.25) is 5.95 Å². The number of anilines is 3. The van der Waals surface area contributed by atoms with Crippen molar-refractivity contribution in [3.05, 3.63) is 40.8 Å². The molecule has 1 heterocycles. The van der Waals surface area contributed by atoms with E-state index in [1.54, 1.807) is 0 Å². The van der Waals surface area contributed by atoms with Crippen LogP contribution >= 0.6 is 11.6 Å². The second kappa shape index (κ2) is 6.46. The van der Waals surface area contributed by atoms with Crippen LogP contribution in [0.4, 0.5) is 21.8 Å². The lowest BCUT2D eigenvalue weighted by molar-refractivity contribution is 0.311. The van der Waals surface area contributed by atoms with Crippen LogP contribution in [0.25, 0.3) is 0 Å². The number of rotatable bonds is 6. The Balaban J connectivity index is 1.88. The van der Waals surface area contributed by atoms with Crippen molar-refractivity contribution in [2.24, 2.45) is 0 Å².